The lowest BCUT2D eigenvalue weighted by atomic mass is 10.1. The van der Waals surface area contributed by atoms with Crippen LogP contribution in [0.15, 0.2) is 58.2 Å². The van der Waals surface area contributed by atoms with Crippen molar-refractivity contribution in [2.75, 3.05) is 4.90 Å². The summed E-state index contributed by atoms with van der Waals surface area (Å²) >= 11 is 0.902. The van der Waals surface area contributed by atoms with Gasteiger partial charge in [0.15, 0.2) is 5.17 Å². The Morgan fingerprint density at radius 1 is 1.07 bits per heavy atom. The molecule has 1 aromatic heterocycles. The van der Waals surface area contributed by atoms with E-state index in [9.17, 15) is 19.8 Å². The number of anilines is 1. The quantitative estimate of drug-likeness (QED) is 0.562. The molecular weight excluding hydrogens is 404 g/mol. The van der Waals surface area contributed by atoms with E-state index in [-0.39, 0.29) is 27.3 Å². The van der Waals surface area contributed by atoms with E-state index in [0.29, 0.717) is 16.9 Å². The van der Waals surface area contributed by atoms with Gasteiger partial charge in [-0.2, -0.15) is 0 Å². The van der Waals surface area contributed by atoms with Crippen molar-refractivity contribution in [1.82, 2.24) is 9.36 Å². The molecule has 9 heteroatoms. The van der Waals surface area contributed by atoms with Crippen molar-refractivity contribution in [1.29, 1.82) is 5.41 Å². The monoisotopic (exact) mass is 422 g/mol. The summed E-state index contributed by atoms with van der Waals surface area (Å²) in [5.74, 6) is -0.817. The number of carbonyl (C=O) groups excluding carboxylic acids is 1. The molecule has 8 nitrogen and oxygen atoms in total. The Hall–Kier alpha value is -3.72. The normalized spacial score (nSPS) is 15.4. The van der Waals surface area contributed by atoms with Gasteiger partial charge in [0.2, 0.25) is 0 Å². The third-order valence-electron chi connectivity index (χ3n) is 4.87. The average molecular weight is 422 g/mol. The smallest absolute Gasteiger partial charge is 0.296 e. The van der Waals surface area contributed by atoms with Crippen molar-refractivity contribution < 1.29 is 15.0 Å². The number of hydrogen-bond acceptors (Lipinski definition) is 6. The minimum absolute atomic E-state index is 0.101. The molecule has 1 amide bonds. The number of thioether (sulfide) groups is 1. The maximum atomic E-state index is 13.2. The van der Waals surface area contributed by atoms with Gasteiger partial charge >= 0.3 is 0 Å². The number of benzene rings is 2. The number of nitrogens with one attached hydrogen (secondary N) is 1. The Labute approximate surface area is 175 Å². The number of amides is 1. The molecule has 0 atom stereocenters. The molecular formula is C21H18N4O4S. The summed E-state index contributed by atoms with van der Waals surface area (Å²) in [7, 11) is 1.72. The molecule has 3 aromatic rings. The first-order valence-corrected chi connectivity index (χ1v) is 9.80. The van der Waals surface area contributed by atoms with Gasteiger partial charge < -0.3 is 10.2 Å². The fourth-order valence-electron chi connectivity index (χ4n) is 3.30. The van der Waals surface area contributed by atoms with Crippen molar-refractivity contribution >= 4 is 34.6 Å². The first kappa shape index (κ1) is 19.6. The molecule has 1 aliphatic rings. The fraction of sp³-hybridized carbons (Fsp3) is 0.0952. The van der Waals surface area contributed by atoms with Crippen LogP contribution in [-0.4, -0.2) is 30.7 Å². The highest BCUT2D eigenvalue weighted by molar-refractivity contribution is 8.19. The second-order valence-electron chi connectivity index (χ2n) is 6.71. The second-order valence-corrected chi connectivity index (χ2v) is 7.74. The number of phenols is 2. The molecule has 1 saturated heterocycles. The second kappa shape index (κ2) is 7.27. The summed E-state index contributed by atoms with van der Waals surface area (Å²) in [6.45, 7) is 1.72. The zero-order valence-corrected chi connectivity index (χ0v) is 17.0. The number of carbonyl (C=O) groups is 1. The fourth-order valence-corrected chi connectivity index (χ4v) is 4.14. The zero-order chi connectivity index (χ0) is 21.6. The van der Waals surface area contributed by atoms with Crippen molar-refractivity contribution in [3.05, 3.63) is 75.0 Å². The summed E-state index contributed by atoms with van der Waals surface area (Å²) in [6.07, 6.45) is 1.43. The van der Waals surface area contributed by atoms with Gasteiger partial charge in [-0.3, -0.25) is 19.7 Å². The third-order valence-corrected chi connectivity index (χ3v) is 5.76. The zero-order valence-electron chi connectivity index (χ0n) is 16.2. The molecule has 0 spiro atoms. The molecule has 2 heterocycles. The number of amidine groups is 1. The van der Waals surface area contributed by atoms with E-state index in [1.54, 1.807) is 30.8 Å². The molecule has 0 bridgehead atoms. The topological polar surface area (TPSA) is 112 Å². The molecule has 4 rings (SSSR count). The summed E-state index contributed by atoms with van der Waals surface area (Å²) in [4.78, 5) is 27.5. The van der Waals surface area contributed by atoms with Crippen LogP contribution in [0.2, 0.25) is 0 Å². The van der Waals surface area contributed by atoms with Crippen molar-refractivity contribution in [2.45, 2.75) is 6.92 Å². The van der Waals surface area contributed by atoms with Crippen molar-refractivity contribution in [3.63, 3.8) is 0 Å². The number of aromatic hydroxyl groups is 2. The van der Waals surface area contributed by atoms with E-state index in [4.69, 9.17) is 5.41 Å². The van der Waals surface area contributed by atoms with Crippen LogP contribution in [0.4, 0.5) is 5.69 Å². The standard InChI is InChI=1S/C21H18N4O4S/c1-12-18(20(29)25(23(12)2)14-6-4-3-5-7-14)24-19(28)17(30-21(24)22)10-13-8-9-15(26)11-16(13)27/h3-11,22,26-27H,1-2H3/b17-10-,22-21?. The van der Waals surface area contributed by atoms with E-state index in [1.165, 1.54) is 29.0 Å². The minimum Gasteiger partial charge on any atom is -0.508 e. The van der Waals surface area contributed by atoms with E-state index in [0.717, 1.165) is 16.7 Å². The lowest BCUT2D eigenvalue weighted by Gasteiger charge is -2.12. The van der Waals surface area contributed by atoms with Gasteiger partial charge in [-0.05, 0) is 49.0 Å². The van der Waals surface area contributed by atoms with Crippen LogP contribution in [0.5, 0.6) is 11.5 Å². The molecule has 152 valence electrons. The van der Waals surface area contributed by atoms with Gasteiger partial charge in [-0.1, -0.05) is 18.2 Å². The first-order valence-electron chi connectivity index (χ1n) is 8.98. The Kier molecular flexibility index (Phi) is 4.75. The lowest BCUT2D eigenvalue weighted by Crippen LogP contribution is -2.33. The summed E-state index contributed by atoms with van der Waals surface area (Å²) < 4.78 is 3.09. The molecule has 0 saturated carbocycles. The van der Waals surface area contributed by atoms with Crippen molar-refractivity contribution in [3.8, 4) is 17.2 Å². The van der Waals surface area contributed by atoms with Crippen LogP contribution in [0.25, 0.3) is 11.8 Å². The molecule has 1 fully saturated rings. The number of aromatic nitrogens is 2. The molecule has 0 aliphatic carbocycles. The summed E-state index contributed by atoms with van der Waals surface area (Å²) in [5.41, 5.74) is 1.21. The van der Waals surface area contributed by atoms with E-state index >= 15 is 0 Å². The third kappa shape index (κ3) is 3.09. The van der Waals surface area contributed by atoms with Crippen LogP contribution in [-0.2, 0) is 11.8 Å². The van der Waals surface area contributed by atoms with Gasteiger partial charge in [0.25, 0.3) is 11.5 Å². The molecule has 3 N–H and O–H groups in total. The van der Waals surface area contributed by atoms with Crippen molar-refractivity contribution in [2.24, 2.45) is 7.05 Å². The van der Waals surface area contributed by atoms with Gasteiger partial charge in [0, 0.05) is 18.7 Å². The Balaban J connectivity index is 1.79. The van der Waals surface area contributed by atoms with Crippen LogP contribution in [0, 0.1) is 12.3 Å². The average Bonchev–Trinajstić information content (AvgIpc) is 3.10. The predicted octanol–water partition coefficient (Wildman–Crippen LogP) is 2.95. The SMILES string of the molecule is Cc1c(N2C(=N)S/C(=C\c3ccc(O)cc3O)C2=O)c(=O)n(-c2ccccc2)n1C. The van der Waals surface area contributed by atoms with E-state index < -0.39 is 11.5 Å². The molecule has 0 radical (unpaired) electrons. The van der Waals surface area contributed by atoms with Gasteiger partial charge in [0.05, 0.1) is 16.3 Å². The van der Waals surface area contributed by atoms with E-state index in [2.05, 4.69) is 0 Å². The van der Waals surface area contributed by atoms with Crippen LogP contribution in [0.1, 0.15) is 11.3 Å². The highest BCUT2D eigenvalue weighted by Gasteiger charge is 2.38. The summed E-state index contributed by atoms with van der Waals surface area (Å²) in [6, 6.07) is 13.1. The summed E-state index contributed by atoms with van der Waals surface area (Å²) in [5, 5.41) is 27.6. The minimum atomic E-state index is -0.525. The maximum absolute atomic E-state index is 13.2. The number of para-hydroxylation sites is 1. The Morgan fingerprint density at radius 2 is 1.77 bits per heavy atom. The number of phenolic OH excluding ortho intramolecular Hbond substituents is 2. The van der Waals surface area contributed by atoms with Gasteiger partial charge in [-0.15, -0.1) is 0 Å². The Morgan fingerprint density at radius 3 is 2.43 bits per heavy atom. The van der Waals surface area contributed by atoms with E-state index in [1.807, 2.05) is 18.2 Å². The molecule has 0 unspecified atom stereocenters. The first-order chi connectivity index (χ1) is 14.3. The van der Waals surface area contributed by atoms with Gasteiger partial charge in [0.1, 0.15) is 17.2 Å². The number of hydrogen-bond donors (Lipinski definition) is 3. The van der Waals surface area contributed by atoms with Gasteiger partial charge in [-0.25, -0.2) is 9.58 Å². The predicted molar refractivity (Wildman–Crippen MR) is 116 cm³/mol. The van der Waals surface area contributed by atoms with Crippen LogP contribution < -0.4 is 10.5 Å². The molecule has 30 heavy (non-hydrogen) atoms. The maximum Gasteiger partial charge on any atom is 0.296 e. The van der Waals surface area contributed by atoms with Crippen LogP contribution >= 0.6 is 11.8 Å². The largest absolute Gasteiger partial charge is 0.508 e. The molecule has 2 aromatic carbocycles. The Bertz CT molecular complexity index is 1270. The van der Waals surface area contributed by atoms with Crippen LogP contribution in [0.3, 0.4) is 0 Å². The number of nitrogens with zero attached hydrogens (tertiary/aromatic N) is 3. The molecule has 1 aliphatic heterocycles. The lowest BCUT2D eigenvalue weighted by molar-refractivity contribution is -0.113. The highest BCUT2D eigenvalue weighted by Crippen LogP contribution is 2.37. The number of rotatable bonds is 3. The highest BCUT2D eigenvalue weighted by atomic mass is 32.2.